The van der Waals surface area contributed by atoms with Crippen LogP contribution in [0.3, 0.4) is 0 Å². The van der Waals surface area contributed by atoms with Crippen LogP contribution < -0.4 is 15.5 Å². The van der Waals surface area contributed by atoms with Crippen LogP contribution in [-0.4, -0.2) is 86.3 Å². The number of ether oxygens (including phenoxy) is 1. The highest BCUT2D eigenvalue weighted by molar-refractivity contribution is 5.85. The fraction of sp³-hybridized carbons (Fsp3) is 0.630. The van der Waals surface area contributed by atoms with E-state index in [0.717, 1.165) is 82.8 Å². The Balaban J connectivity index is 1.06. The first-order valence-corrected chi connectivity index (χ1v) is 14.3. The van der Waals surface area contributed by atoms with E-state index in [1.807, 2.05) is 22.7 Å². The molecule has 1 amide bonds. The number of anilines is 3. The molecule has 7 rings (SSSR count). The number of nitrogens with one attached hydrogen (secondary N) is 3. The van der Waals surface area contributed by atoms with Crippen LogP contribution in [0.25, 0.3) is 5.65 Å². The third kappa shape index (κ3) is 4.84. The highest BCUT2D eigenvalue weighted by Crippen LogP contribution is 2.39. The van der Waals surface area contributed by atoms with Crippen molar-refractivity contribution in [2.75, 3.05) is 43.1 Å². The molecule has 1 aliphatic carbocycles. The van der Waals surface area contributed by atoms with E-state index in [1.54, 1.807) is 0 Å². The van der Waals surface area contributed by atoms with E-state index in [-0.39, 0.29) is 18.0 Å². The van der Waals surface area contributed by atoms with Gasteiger partial charge in [0.05, 0.1) is 0 Å². The van der Waals surface area contributed by atoms with Gasteiger partial charge in [0.25, 0.3) is 0 Å². The van der Waals surface area contributed by atoms with Gasteiger partial charge in [-0.05, 0) is 70.0 Å². The molecular weight excluding hydrogens is 482 g/mol. The number of hydrogen-bond acceptors (Lipinski definition) is 8. The molecule has 202 valence electrons. The Hall–Kier alpha value is -3.18. The van der Waals surface area contributed by atoms with Crippen molar-refractivity contribution in [1.82, 2.24) is 34.8 Å². The van der Waals surface area contributed by atoms with Crippen LogP contribution in [0.1, 0.15) is 63.0 Å². The number of rotatable bonds is 7. The lowest BCUT2D eigenvalue weighted by molar-refractivity contribution is -0.123. The van der Waals surface area contributed by atoms with Gasteiger partial charge in [0.15, 0.2) is 5.82 Å². The Morgan fingerprint density at radius 3 is 2.79 bits per heavy atom. The Morgan fingerprint density at radius 2 is 1.92 bits per heavy atom. The average molecular weight is 520 g/mol. The summed E-state index contributed by atoms with van der Waals surface area (Å²) in [4.78, 5) is 27.9. The Bertz CT molecular complexity index is 1280. The molecule has 11 nitrogen and oxygen atoms in total. The number of fused-ring (bicyclic) bond motifs is 1. The zero-order chi connectivity index (χ0) is 25.5. The lowest BCUT2D eigenvalue weighted by atomic mass is 9.99. The number of H-pyrrole nitrogens is 1. The van der Waals surface area contributed by atoms with Crippen LogP contribution >= 0.6 is 0 Å². The standard InChI is InChI=1S/C27H37N9O2/c37-25(28-19-4-1-11-34(17-19)20-9-14-38-15-10-20)22-5-2-12-35(22)27-30-24-6-3-13-36(24)26(31-27)29-23-16-21(32-33-23)18-7-8-18/h3,6,13,16,18-20,22H,1-2,4-5,7-12,14-15,17H2,(H,28,37)(H2,29,30,31,32,33)/t19-,22+/m1/s1. The molecule has 3 aromatic rings. The molecular formula is C27H37N9O2. The van der Waals surface area contributed by atoms with E-state index in [1.165, 1.54) is 18.5 Å². The molecule has 0 spiro atoms. The van der Waals surface area contributed by atoms with Crippen molar-refractivity contribution in [2.45, 2.75) is 75.4 Å². The summed E-state index contributed by atoms with van der Waals surface area (Å²) in [5.41, 5.74) is 1.96. The summed E-state index contributed by atoms with van der Waals surface area (Å²) in [6.07, 6.45) is 10.5. The van der Waals surface area contributed by atoms with Crippen molar-refractivity contribution < 1.29 is 9.53 Å². The fourth-order valence-electron chi connectivity index (χ4n) is 6.34. The van der Waals surface area contributed by atoms with Gasteiger partial charge in [0.2, 0.25) is 17.8 Å². The molecule has 0 radical (unpaired) electrons. The number of amides is 1. The molecule has 3 aromatic heterocycles. The maximum atomic E-state index is 13.6. The molecule has 1 saturated carbocycles. The number of nitrogens with zero attached hydrogens (tertiary/aromatic N) is 6. The fourth-order valence-corrected chi connectivity index (χ4v) is 6.34. The molecule has 38 heavy (non-hydrogen) atoms. The number of aromatic nitrogens is 5. The van der Waals surface area contributed by atoms with Crippen molar-refractivity contribution >= 4 is 29.3 Å². The Labute approximate surface area is 222 Å². The summed E-state index contributed by atoms with van der Waals surface area (Å²) in [6, 6.07) is 6.50. The first kappa shape index (κ1) is 23.9. The van der Waals surface area contributed by atoms with Crippen molar-refractivity contribution in [3.63, 3.8) is 0 Å². The highest BCUT2D eigenvalue weighted by atomic mass is 16.5. The molecule has 11 heteroatoms. The number of likely N-dealkylation sites (tertiary alicyclic amines) is 1. The molecule has 4 fully saturated rings. The third-order valence-electron chi connectivity index (χ3n) is 8.55. The van der Waals surface area contributed by atoms with Gasteiger partial charge in [0.1, 0.15) is 11.7 Å². The second-order valence-electron chi connectivity index (χ2n) is 11.2. The lowest BCUT2D eigenvalue weighted by Gasteiger charge is -2.40. The summed E-state index contributed by atoms with van der Waals surface area (Å²) in [5.74, 6) is 2.67. The Kier molecular flexibility index (Phi) is 6.40. The van der Waals surface area contributed by atoms with E-state index >= 15 is 0 Å². The first-order chi connectivity index (χ1) is 18.7. The van der Waals surface area contributed by atoms with Gasteiger partial charge in [-0.2, -0.15) is 15.1 Å². The lowest BCUT2D eigenvalue weighted by Crippen LogP contribution is -2.55. The molecule has 3 aliphatic heterocycles. The maximum Gasteiger partial charge on any atom is 0.243 e. The van der Waals surface area contributed by atoms with Crippen LogP contribution in [0.5, 0.6) is 0 Å². The summed E-state index contributed by atoms with van der Waals surface area (Å²) in [7, 11) is 0. The molecule has 4 aliphatic rings. The minimum Gasteiger partial charge on any atom is -0.381 e. The predicted octanol–water partition coefficient (Wildman–Crippen LogP) is 2.80. The van der Waals surface area contributed by atoms with Gasteiger partial charge in [-0.3, -0.25) is 19.2 Å². The minimum atomic E-state index is -0.259. The highest BCUT2D eigenvalue weighted by Gasteiger charge is 2.35. The second-order valence-corrected chi connectivity index (χ2v) is 11.2. The molecule has 6 heterocycles. The van der Waals surface area contributed by atoms with Crippen LogP contribution in [0.15, 0.2) is 24.4 Å². The van der Waals surface area contributed by atoms with Crippen molar-refractivity contribution in [2.24, 2.45) is 0 Å². The van der Waals surface area contributed by atoms with Crippen LogP contribution in [0.4, 0.5) is 17.7 Å². The number of hydrogen-bond donors (Lipinski definition) is 3. The number of piperidine rings is 1. The summed E-state index contributed by atoms with van der Waals surface area (Å²) in [5, 5.41) is 14.4. The van der Waals surface area contributed by atoms with Crippen LogP contribution in [-0.2, 0) is 9.53 Å². The van der Waals surface area contributed by atoms with Crippen LogP contribution in [0.2, 0.25) is 0 Å². The summed E-state index contributed by atoms with van der Waals surface area (Å²) < 4.78 is 7.48. The van der Waals surface area contributed by atoms with Gasteiger partial charge in [-0.25, -0.2) is 0 Å². The normalized spacial score (nSPS) is 25.2. The molecule has 2 atom stereocenters. The van der Waals surface area contributed by atoms with Crippen molar-refractivity contribution in [3.8, 4) is 0 Å². The SMILES string of the molecule is O=C(N[C@@H]1CCCN(C2CCOCC2)C1)[C@@H]1CCCN1c1nc(Nc2cc(C3CC3)[nH]n2)n2cccc2n1. The average Bonchev–Trinajstić information content (AvgIpc) is 3.32. The number of aromatic amines is 1. The van der Waals surface area contributed by atoms with E-state index < -0.39 is 0 Å². The molecule has 3 saturated heterocycles. The number of carbonyl (C=O) groups is 1. The maximum absolute atomic E-state index is 13.6. The van der Waals surface area contributed by atoms with Gasteiger partial charge >= 0.3 is 0 Å². The van der Waals surface area contributed by atoms with E-state index in [0.29, 0.717) is 23.9 Å². The summed E-state index contributed by atoms with van der Waals surface area (Å²) >= 11 is 0. The zero-order valence-corrected chi connectivity index (χ0v) is 21.8. The van der Waals surface area contributed by atoms with Gasteiger partial charge in [-0.15, -0.1) is 0 Å². The van der Waals surface area contributed by atoms with Gasteiger partial charge in [-0.1, -0.05) is 0 Å². The number of carbonyl (C=O) groups excluding carboxylic acids is 1. The zero-order valence-electron chi connectivity index (χ0n) is 21.8. The van der Waals surface area contributed by atoms with Gasteiger partial charge in [0, 0.05) is 62.3 Å². The van der Waals surface area contributed by atoms with E-state index in [2.05, 4.69) is 36.7 Å². The molecule has 0 bridgehead atoms. The summed E-state index contributed by atoms with van der Waals surface area (Å²) in [6.45, 7) is 4.50. The topological polar surface area (TPSA) is 116 Å². The van der Waals surface area contributed by atoms with E-state index in [4.69, 9.17) is 14.7 Å². The van der Waals surface area contributed by atoms with Crippen LogP contribution in [0, 0.1) is 0 Å². The monoisotopic (exact) mass is 519 g/mol. The molecule has 3 N–H and O–H groups in total. The third-order valence-corrected chi connectivity index (χ3v) is 8.55. The van der Waals surface area contributed by atoms with Crippen molar-refractivity contribution in [3.05, 3.63) is 30.1 Å². The second kappa shape index (κ2) is 10.2. The molecule has 0 unspecified atom stereocenters. The van der Waals surface area contributed by atoms with Crippen molar-refractivity contribution in [1.29, 1.82) is 0 Å². The Morgan fingerprint density at radius 1 is 1.05 bits per heavy atom. The van der Waals surface area contributed by atoms with Gasteiger partial charge < -0.3 is 20.3 Å². The molecule has 0 aromatic carbocycles. The smallest absolute Gasteiger partial charge is 0.243 e. The largest absolute Gasteiger partial charge is 0.381 e. The predicted molar refractivity (Wildman–Crippen MR) is 144 cm³/mol. The quantitative estimate of drug-likeness (QED) is 0.437. The minimum absolute atomic E-state index is 0.0936. The van der Waals surface area contributed by atoms with E-state index in [9.17, 15) is 4.79 Å². The first-order valence-electron chi connectivity index (χ1n) is 14.3.